The highest BCUT2D eigenvalue weighted by atomic mass is 19.4. The van der Waals surface area contributed by atoms with E-state index >= 15 is 0 Å². The summed E-state index contributed by atoms with van der Waals surface area (Å²) < 4.78 is 38.1. The highest BCUT2D eigenvalue weighted by Crippen LogP contribution is 2.40. The van der Waals surface area contributed by atoms with E-state index in [0.717, 1.165) is 42.4 Å². The molecule has 3 unspecified atom stereocenters. The van der Waals surface area contributed by atoms with Crippen LogP contribution < -0.4 is 5.32 Å². The number of rotatable bonds is 3. The number of hydrogen-bond acceptors (Lipinski definition) is 5. The number of nitrogens with one attached hydrogen (secondary N) is 1. The lowest BCUT2D eigenvalue weighted by Crippen LogP contribution is -2.40. The second kappa shape index (κ2) is 6.93. The van der Waals surface area contributed by atoms with Crippen molar-refractivity contribution >= 4 is 22.5 Å². The summed E-state index contributed by atoms with van der Waals surface area (Å²) >= 11 is 0. The summed E-state index contributed by atoms with van der Waals surface area (Å²) in [5, 5.41) is 4.94. The third kappa shape index (κ3) is 3.14. The molecule has 2 bridgehead atoms. The van der Waals surface area contributed by atoms with Crippen LogP contribution >= 0.6 is 0 Å². The Hall–Kier alpha value is -3.23. The van der Waals surface area contributed by atoms with Gasteiger partial charge < -0.3 is 10.2 Å². The van der Waals surface area contributed by atoms with Gasteiger partial charge in [0.15, 0.2) is 5.69 Å². The van der Waals surface area contributed by atoms with Crippen molar-refractivity contribution in [1.82, 2.24) is 19.9 Å². The van der Waals surface area contributed by atoms with Crippen LogP contribution in [0.3, 0.4) is 0 Å². The van der Waals surface area contributed by atoms with Crippen molar-refractivity contribution in [3.8, 4) is 0 Å². The van der Waals surface area contributed by atoms with Crippen molar-refractivity contribution in [2.45, 2.75) is 43.6 Å². The zero-order valence-corrected chi connectivity index (χ0v) is 15.8. The van der Waals surface area contributed by atoms with E-state index in [1.807, 2.05) is 29.2 Å². The molecule has 154 valence electrons. The van der Waals surface area contributed by atoms with Gasteiger partial charge in [-0.25, -0.2) is 9.97 Å². The number of benzene rings is 1. The molecule has 2 aromatic heterocycles. The Labute approximate surface area is 170 Å². The van der Waals surface area contributed by atoms with Gasteiger partial charge in [0.1, 0.15) is 5.82 Å². The molecule has 9 heteroatoms. The largest absolute Gasteiger partial charge is 0.434 e. The maximum atomic E-state index is 13.4. The van der Waals surface area contributed by atoms with E-state index in [4.69, 9.17) is 0 Å². The number of carbonyl (C=O) groups excluding carboxylic acids is 1. The molecule has 1 N–H and O–H groups in total. The van der Waals surface area contributed by atoms with Crippen molar-refractivity contribution < 1.29 is 18.0 Å². The first kappa shape index (κ1) is 18.8. The minimum Gasteiger partial charge on any atom is -0.364 e. The molecule has 6 nitrogen and oxygen atoms in total. The summed E-state index contributed by atoms with van der Waals surface area (Å²) in [7, 11) is 0. The Morgan fingerprint density at radius 3 is 2.67 bits per heavy atom. The third-order valence-electron chi connectivity index (χ3n) is 5.95. The number of fused-ring (bicyclic) bond motifs is 3. The Morgan fingerprint density at radius 1 is 1.07 bits per heavy atom. The van der Waals surface area contributed by atoms with Crippen LogP contribution in [0.5, 0.6) is 0 Å². The molecule has 2 aliphatic rings. The minimum absolute atomic E-state index is 0.0504. The predicted octanol–water partition coefficient (Wildman–Crippen LogP) is 3.90. The molecule has 4 heterocycles. The Balaban J connectivity index is 1.37. The molecule has 0 aliphatic carbocycles. The zero-order valence-electron chi connectivity index (χ0n) is 15.8. The number of halogens is 3. The average molecular weight is 413 g/mol. The number of alkyl halides is 3. The average Bonchev–Trinajstić information content (AvgIpc) is 3.30. The van der Waals surface area contributed by atoms with Gasteiger partial charge in [0.2, 0.25) is 0 Å². The van der Waals surface area contributed by atoms with Gasteiger partial charge in [0.05, 0.1) is 30.0 Å². The van der Waals surface area contributed by atoms with E-state index in [0.29, 0.717) is 5.56 Å². The van der Waals surface area contributed by atoms with Gasteiger partial charge in [0, 0.05) is 23.8 Å². The summed E-state index contributed by atoms with van der Waals surface area (Å²) in [5.74, 6) is 0.217. The molecule has 0 radical (unpaired) electrons. The lowest BCUT2D eigenvalue weighted by Gasteiger charge is -2.25. The first-order chi connectivity index (χ1) is 14.4. The number of aromatic nitrogens is 3. The fourth-order valence-corrected chi connectivity index (χ4v) is 4.63. The van der Waals surface area contributed by atoms with Gasteiger partial charge in [-0.2, -0.15) is 13.2 Å². The van der Waals surface area contributed by atoms with Crippen LogP contribution in [0.1, 0.15) is 35.3 Å². The Kier molecular flexibility index (Phi) is 4.34. The number of anilines is 1. The molecular weight excluding hydrogens is 395 g/mol. The summed E-state index contributed by atoms with van der Waals surface area (Å²) in [6, 6.07) is 7.59. The van der Waals surface area contributed by atoms with E-state index in [9.17, 15) is 18.0 Å². The third-order valence-corrected chi connectivity index (χ3v) is 5.95. The number of hydrogen-bond donors (Lipinski definition) is 1. The van der Waals surface area contributed by atoms with Crippen LogP contribution in [0.2, 0.25) is 0 Å². The van der Waals surface area contributed by atoms with Crippen molar-refractivity contribution in [2.24, 2.45) is 0 Å². The normalized spacial score (nSPS) is 23.2. The highest BCUT2D eigenvalue weighted by Gasteiger charge is 2.49. The molecule has 3 atom stereocenters. The van der Waals surface area contributed by atoms with Crippen LogP contribution in [0.15, 0.2) is 49.1 Å². The minimum atomic E-state index is -4.52. The number of nitrogens with zero attached hydrogens (tertiary/aromatic N) is 4. The summed E-state index contributed by atoms with van der Waals surface area (Å²) in [4.78, 5) is 26.8. The second-order valence-corrected chi connectivity index (χ2v) is 7.69. The first-order valence-electron chi connectivity index (χ1n) is 9.73. The number of carbonyl (C=O) groups is 1. The predicted molar refractivity (Wildman–Crippen MR) is 104 cm³/mol. The maximum absolute atomic E-state index is 13.4. The van der Waals surface area contributed by atoms with Crippen LogP contribution in [0.4, 0.5) is 19.0 Å². The van der Waals surface area contributed by atoms with E-state index in [1.165, 1.54) is 0 Å². The van der Waals surface area contributed by atoms with E-state index in [1.54, 1.807) is 12.4 Å². The molecule has 30 heavy (non-hydrogen) atoms. The van der Waals surface area contributed by atoms with E-state index in [-0.39, 0.29) is 29.9 Å². The van der Waals surface area contributed by atoms with Gasteiger partial charge in [0.25, 0.3) is 5.91 Å². The van der Waals surface area contributed by atoms with Crippen molar-refractivity contribution in [3.05, 3.63) is 60.3 Å². The highest BCUT2D eigenvalue weighted by molar-refractivity contribution is 6.07. The van der Waals surface area contributed by atoms with Gasteiger partial charge >= 0.3 is 6.18 Å². The zero-order chi connectivity index (χ0) is 20.9. The molecule has 2 fully saturated rings. The van der Waals surface area contributed by atoms with E-state index in [2.05, 4.69) is 20.3 Å². The lowest BCUT2D eigenvalue weighted by molar-refractivity contribution is -0.141. The molecule has 2 saturated heterocycles. The van der Waals surface area contributed by atoms with Gasteiger partial charge in [-0.05, 0) is 24.6 Å². The fraction of sp³-hybridized carbons (Fsp3) is 0.333. The van der Waals surface area contributed by atoms with Crippen molar-refractivity contribution in [3.63, 3.8) is 0 Å². The Morgan fingerprint density at radius 2 is 1.90 bits per heavy atom. The molecular formula is C21H18F3N5O. The molecule has 0 saturated carbocycles. The van der Waals surface area contributed by atoms with Gasteiger partial charge in [-0.1, -0.05) is 24.3 Å². The summed E-state index contributed by atoms with van der Waals surface area (Å²) in [5.41, 5.74) is -0.457. The Bertz CT molecular complexity index is 1100. The van der Waals surface area contributed by atoms with Crippen LogP contribution in [0.25, 0.3) is 10.8 Å². The summed E-state index contributed by atoms with van der Waals surface area (Å²) in [6.45, 7) is 0. The molecule has 1 amide bonds. The number of pyridine rings is 1. The SMILES string of the molecule is O=C(c1cncc2ccccc12)N1C2CCC1C(Nc1cnc(C(F)(F)F)cn1)C2. The fourth-order valence-electron chi connectivity index (χ4n) is 4.63. The monoisotopic (exact) mass is 413 g/mol. The molecule has 3 aromatic rings. The maximum Gasteiger partial charge on any atom is 0.434 e. The van der Waals surface area contributed by atoms with E-state index < -0.39 is 11.9 Å². The molecule has 0 spiro atoms. The summed E-state index contributed by atoms with van der Waals surface area (Å²) in [6.07, 6.45) is 3.09. The van der Waals surface area contributed by atoms with Crippen LogP contribution in [-0.2, 0) is 6.18 Å². The smallest absolute Gasteiger partial charge is 0.364 e. The lowest BCUT2D eigenvalue weighted by atomic mass is 9.95. The van der Waals surface area contributed by atoms with Crippen LogP contribution in [0, 0.1) is 0 Å². The van der Waals surface area contributed by atoms with Gasteiger partial charge in [-0.15, -0.1) is 0 Å². The number of amides is 1. The van der Waals surface area contributed by atoms with Crippen LogP contribution in [-0.4, -0.2) is 43.9 Å². The van der Waals surface area contributed by atoms with Crippen molar-refractivity contribution in [2.75, 3.05) is 5.32 Å². The van der Waals surface area contributed by atoms with Crippen molar-refractivity contribution in [1.29, 1.82) is 0 Å². The topological polar surface area (TPSA) is 71.0 Å². The quantitative estimate of drug-likeness (QED) is 0.705. The first-order valence-corrected chi connectivity index (χ1v) is 9.73. The second-order valence-electron chi connectivity index (χ2n) is 7.69. The molecule has 2 aliphatic heterocycles. The molecule has 1 aromatic carbocycles. The standard InChI is InChI=1S/C21H18F3N5O/c22-21(23,24)18-10-27-19(11-26-18)28-16-7-13-5-6-17(16)29(13)20(30)15-9-25-8-12-3-1-2-4-14(12)15/h1-4,8-11,13,16-17H,5-7H2,(H,27,28). The molecule has 5 rings (SSSR count). The van der Waals surface area contributed by atoms with Gasteiger partial charge in [-0.3, -0.25) is 9.78 Å².